The molecular weight excluding hydrogens is 252 g/mol. The fourth-order valence-electron chi connectivity index (χ4n) is 1.59. The molecule has 19 heavy (non-hydrogen) atoms. The number of rotatable bonds is 8. The number of aliphatic hydroxyl groups excluding tert-OH is 1. The second-order valence-corrected chi connectivity index (χ2v) is 3.78. The second-order valence-electron chi connectivity index (χ2n) is 3.78. The van der Waals surface area contributed by atoms with E-state index >= 15 is 0 Å². The first-order valence-corrected chi connectivity index (χ1v) is 5.81. The van der Waals surface area contributed by atoms with Crippen molar-refractivity contribution in [2.45, 2.75) is 12.5 Å². The topological polar surface area (TPSA) is 85.2 Å². The maximum Gasteiger partial charge on any atom is 0.337 e. The Morgan fingerprint density at radius 1 is 1.26 bits per heavy atom. The zero-order chi connectivity index (χ0) is 14.3. The maximum atomic E-state index is 11.2. The van der Waals surface area contributed by atoms with Crippen LogP contribution in [0.5, 0.6) is 11.5 Å². The molecule has 0 amide bonds. The summed E-state index contributed by atoms with van der Waals surface area (Å²) in [5, 5.41) is 17.8. The van der Waals surface area contributed by atoms with Crippen LogP contribution in [0.3, 0.4) is 0 Å². The van der Waals surface area contributed by atoms with Crippen molar-refractivity contribution < 1.29 is 29.2 Å². The van der Waals surface area contributed by atoms with Gasteiger partial charge < -0.3 is 24.4 Å². The number of carbonyl (C=O) groups is 1. The molecule has 1 unspecified atom stereocenters. The minimum atomic E-state index is -1.09. The average molecular weight is 270 g/mol. The van der Waals surface area contributed by atoms with Gasteiger partial charge in [-0.25, -0.2) is 4.79 Å². The van der Waals surface area contributed by atoms with E-state index in [1.807, 2.05) is 0 Å². The van der Waals surface area contributed by atoms with Crippen LogP contribution in [-0.2, 0) is 9.53 Å². The first-order chi connectivity index (χ1) is 9.13. The van der Waals surface area contributed by atoms with Gasteiger partial charge in [-0.3, -0.25) is 0 Å². The van der Waals surface area contributed by atoms with Crippen molar-refractivity contribution in [3.63, 3.8) is 0 Å². The molecule has 0 heterocycles. The molecule has 0 aromatic heterocycles. The fraction of sp³-hybridized carbons (Fsp3) is 0.462. The van der Waals surface area contributed by atoms with Gasteiger partial charge in [-0.05, 0) is 24.1 Å². The van der Waals surface area contributed by atoms with E-state index in [-0.39, 0.29) is 13.2 Å². The molecule has 6 heteroatoms. The predicted octanol–water partition coefficient (Wildman–Crippen LogP) is 1.23. The zero-order valence-electron chi connectivity index (χ0n) is 11.0. The molecular formula is C13H18O6. The summed E-state index contributed by atoms with van der Waals surface area (Å²) in [6.45, 7) is 0.125. The Kier molecular flexibility index (Phi) is 6.11. The van der Waals surface area contributed by atoms with E-state index in [1.54, 1.807) is 18.2 Å². The molecule has 0 aliphatic heterocycles. The second kappa shape index (κ2) is 7.60. The Morgan fingerprint density at radius 2 is 1.95 bits per heavy atom. The number of aliphatic hydroxyl groups is 1. The van der Waals surface area contributed by atoms with Crippen LogP contribution in [0.25, 0.3) is 0 Å². The van der Waals surface area contributed by atoms with E-state index in [2.05, 4.69) is 0 Å². The highest BCUT2D eigenvalue weighted by Gasteiger charge is 2.22. The summed E-state index contributed by atoms with van der Waals surface area (Å²) in [6.07, 6.45) is -0.705. The van der Waals surface area contributed by atoms with Crippen molar-refractivity contribution in [1.82, 2.24) is 0 Å². The molecule has 0 radical (unpaired) electrons. The van der Waals surface area contributed by atoms with Crippen LogP contribution in [0.2, 0.25) is 0 Å². The number of ether oxygens (including phenoxy) is 3. The number of aliphatic carboxylic acids is 1. The van der Waals surface area contributed by atoms with Crippen molar-refractivity contribution in [3.8, 4) is 11.5 Å². The van der Waals surface area contributed by atoms with Crippen LogP contribution in [0, 0.1) is 0 Å². The molecule has 1 rings (SSSR count). The maximum absolute atomic E-state index is 11.2. The molecule has 0 aliphatic carbocycles. The highest BCUT2D eigenvalue weighted by Crippen LogP contribution is 2.31. The number of methoxy groups -OCH3 is 2. The highest BCUT2D eigenvalue weighted by molar-refractivity contribution is 5.74. The van der Waals surface area contributed by atoms with Gasteiger partial charge in [0.05, 0.1) is 20.8 Å². The summed E-state index contributed by atoms with van der Waals surface area (Å²) in [7, 11) is 2.98. The Morgan fingerprint density at radius 3 is 2.47 bits per heavy atom. The van der Waals surface area contributed by atoms with Crippen molar-refractivity contribution in [3.05, 3.63) is 23.8 Å². The van der Waals surface area contributed by atoms with E-state index in [0.717, 1.165) is 0 Å². The molecule has 0 saturated carbocycles. The normalized spacial score (nSPS) is 11.9. The number of hydrogen-bond acceptors (Lipinski definition) is 5. The number of hydrogen-bond donors (Lipinski definition) is 2. The molecule has 0 saturated heterocycles. The quantitative estimate of drug-likeness (QED) is 0.691. The van der Waals surface area contributed by atoms with Crippen LogP contribution in [0.15, 0.2) is 18.2 Å². The Bertz CT molecular complexity index is 418. The monoisotopic (exact) mass is 270 g/mol. The van der Waals surface area contributed by atoms with Gasteiger partial charge in [0.25, 0.3) is 0 Å². The molecule has 0 bridgehead atoms. The molecule has 1 aromatic rings. The van der Waals surface area contributed by atoms with Crippen molar-refractivity contribution in [1.29, 1.82) is 0 Å². The number of benzene rings is 1. The summed E-state index contributed by atoms with van der Waals surface area (Å²) in [5.41, 5.74) is 0.461. The van der Waals surface area contributed by atoms with Gasteiger partial charge in [0.1, 0.15) is 0 Å². The predicted molar refractivity (Wildman–Crippen MR) is 67.6 cm³/mol. The van der Waals surface area contributed by atoms with E-state index in [4.69, 9.17) is 24.4 Å². The SMILES string of the molecule is COc1ccc(C(OCCCO)C(=O)O)cc1OC. The van der Waals surface area contributed by atoms with Crippen molar-refractivity contribution >= 4 is 5.97 Å². The first kappa shape index (κ1) is 15.3. The van der Waals surface area contributed by atoms with Gasteiger partial charge in [0, 0.05) is 6.61 Å². The standard InChI is InChI=1S/C13H18O6/c1-17-10-5-4-9(8-11(10)18-2)12(13(15)16)19-7-3-6-14/h4-5,8,12,14H,3,6-7H2,1-2H3,(H,15,16). The van der Waals surface area contributed by atoms with Crippen LogP contribution >= 0.6 is 0 Å². The molecule has 0 spiro atoms. The van der Waals surface area contributed by atoms with E-state index in [1.165, 1.54) is 14.2 Å². The lowest BCUT2D eigenvalue weighted by Gasteiger charge is -2.16. The minimum Gasteiger partial charge on any atom is -0.493 e. The molecule has 0 fully saturated rings. The van der Waals surface area contributed by atoms with E-state index < -0.39 is 12.1 Å². The summed E-state index contributed by atoms with van der Waals surface area (Å²) in [4.78, 5) is 11.2. The molecule has 0 aliphatic rings. The van der Waals surface area contributed by atoms with Gasteiger partial charge >= 0.3 is 5.97 Å². The molecule has 106 valence electrons. The summed E-state index contributed by atoms with van der Waals surface area (Å²) in [6, 6.07) is 4.80. The molecule has 1 aromatic carbocycles. The van der Waals surface area contributed by atoms with Crippen LogP contribution < -0.4 is 9.47 Å². The third kappa shape index (κ3) is 4.11. The number of carboxylic acids is 1. The summed E-state index contributed by atoms with van der Waals surface area (Å²) < 4.78 is 15.4. The lowest BCUT2D eigenvalue weighted by molar-refractivity contribution is -0.151. The van der Waals surface area contributed by atoms with Crippen LogP contribution in [0.4, 0.5) is 0 Å². The van der Waals surface area contributed by atoms with E-state index in [0.29, 0.717) is 23.5 Å². The zero-order valence-corrected chi connectivity index (χ0v) is 11.0. The molecule has 2 N–H and O–H groups in total. The van der Waals surface area contributed by atoms with Gasteiger partial charge in [0.15, 0.2) is 17.6 Å². The Balaban J connectivity index is 2.92. The third-order valence-electron chi connectivity index (χ3n) is 2.52. The minimum absolute atomic E-state index is 0.0434. The highest BCUT2D eigenvalue weighted by atomic mass is 16.5. The van der Waals surface area contributed by atoms with Gasteiger partial charge in [-0.15, -0.1) is 0 Å². The third-order valence-corrected chi connectivity index (χ3v) is 2.52. The molecule has 1 atom stereocenters. The first-order valence-electron chi connectivity index (χ1n) is 5.81. The smallest absolute Gasteiger partial charge is 0.337 e. The molecule has 6 nitrogen and oxygen atoms in total. The van der Waals surface area contributed by atoms with Gasteiger partial charge in [-0.2, -0.15) is 0 Å². The lowest BCUT2D eigenvalue weighted by Crippen LogP contribution is -2.16. The van der Waals surface area contributed by atoms with Gasteiger partial charge in [-0.1, -0.05) is 6.07 Å². The van der Waals surface area contributed by atoms with Crippen LogP contribution in [-0.4, -0.2) is 43.6 Å². The summed E-state index contributed by atoms with van der Waals surface area (Å²) >= 11 is 0. The lowest BCUT2D eigenvalue weighted by atomic mass is 10.1. The van der Waals surface area contributed by atoms with E-state index in [9.17, 15) is 4.79 Å². The van der Waals surface area contributed by atoms with Crippen LogP contribution in [0.1, 0.15) is 18.1 Å². The van der Waals surface area contributed by atoms with Gasteiger partial charge in [0.2, 0.25) is 0 Å². The Hall–Kier alpha value is -1.79. The Labute approximate surface area is 111 Å². The van der Waals surface area contributed by atoms with Crippen molar-refractivity contribution in [2.75, 3.05) is 27.4 Å². The largest absolute Gasteiger partial charge is 0.493 e. The summed E-state index contributed by atoms with van der Waals surface area (Å²) in [5.74, 6) is -0.132. The average Bonchev–Trinajstić information content (AvgIpc) is 2.42. The number of carboxylic acid groups (broad SMARTS) is 1. The fourth-order valence-corrected chi connectivity index (χ4v) is 1.59. The van der Waals surface area contributed by atoms with Crippen molar-refractivity contribution in [2.24, 2.45) is 0 Å².